The average molecular weight is 230 g/mol. The first-order valence-electron chi connectivity index (χ1n) is 5.42. The van der Waals surface area contributed by atoms with Gasteiger partial charge in [-0.2, -0.15) is 0 Å². The highest BCUT2D eigenvalue weighted by molar-refractivity contribution is 5.83. The molecule has 3 N–H and O–H groups in total. The predicted octanol–water partition coefficient (Wildman–Crippen LogP) is 1.90. The van der Waals surface area contributed by atoms with Crippen molar-refractivity contribution in [1.82, 2.24) is 10.3 Å². The summed E-state index contributed by atoms with van der Waals surface area (Å²) >= 11 is 0. The van der Waals surface area contributed by atoms with Crippen molar-refractivity contribution in [2.45, 2.75) is 6.54 Å². The van der Waals surface area contributed by atoms with Gasteiger partial charge in [-0.05, 0) is 11.6 Å². The lowest BCUT2D eigenvalue weighted by atomic mass is 10.2. The second kappa shape index (κ2) is 5.32. The third-order valence-corrected chi connectivity index (χ3v) is 2.51. The summed E-state index contributed by atoms with van der Waals surface area (Å²) in [7, 11) is 0. The number of aromatic amines is 1. The molecule has 0 unspecified atom stereocenters. The van der Waals surface area contributed by atoms with Crippen LogP contribution in [0.2, 0.25) is 0 Å². The fraction of sp³-hybridized carbons (Fsp3) is 0.154. The standard InChI is InChI=1S/C13H14N2O2/c16-13(17)6-3-7-14-8-10-9-15-12-5-2-1-4-11(10)12/h1-6,9,14-15H,7-8H2,(H,16,17)/b6-3+. The zero-order valence-electron chi connectivity index (χ0n) is 9.31. The van der Waals surface area contributed by atoms with Crippen molar-refractivity contribution in [3.8, 4) is 0 Å². The molecule has 0 aliphatic carbocycles. The second-order valence-electron chi connectivity index (χ2n) is 3.73. The third-order valence-electron chi connectivity index (χ3n) is 2.51. The smallest absolute Gasteiger partial charge is 0.328 e. The molecule has 0 aliphatic heterocycles. The number of nitrogens with one attached hydrogen (secondary N) is 2. The van der Waals surface area contributed by atoms with Crippen LogP contribution in [0.3, 0.4) is 0 Å². The van der Waals surface area contributed by atoms with Crippen LogP contribution in [0.25, 0.3) is 10.9 Å². The molecule has 1 heterocycles. The summed E-state index contributed by atoms with van der Waals surface area (Å²) in [4.78, 5) is 13.4. The molecule has 0 fully saturated rings. The number of hydrogen-bond donors (Lipinski definition) is 3. The normalized spacial score (nSPS) is 11.3. The lowest BCUT2D eigenvalue weighted by molar-refractivity contribution is -0.131. The lowest BCUT2D eigenvalue weighted by Gasteiger charge is -1.99. The number of aliphatic carboxylic acids is 1. The highest BCUT2D eigenvalue weighted by Crippen LogP contribution is 2.16. The van der Waals surface area contributed by atoms with Crippen molar-refractivity contribution < 1.29 is 9.90 Å². The molecule has 2 rings (SSSR count). The Morgan fingerprint density at radius 3 is 3.06 bits per heavy atom. The molecular formula is C13H14N2O2. The van der Waals surface area contributed by atoms with Crippen LogP contribution in [0.5, 0.6) is 0 Å². The first-order chi connectivity index (χ1) is 8.27. The van der Waals surface area contributed by atoms with Crippen LogP contribution in [0, 0.1) is 0 Å². The van der Waals surface area contributed by atoms with Crippen molar-refractivity contribution in [3.63, 3.8) is 0 Å². The molecule has 0 atom stereocenters. The Kier molecular flexibility index (Phi) is 3.57. The minimum absolute atomic E-state index is 0.547. The van der Waals surface area contributed by atoms with Crippen LogP contribution in [0.15, 0.2) is 42.6 Å². The van der Waals surface area contributed by atoms with E-state index in [1.807, 2.05) is 24.4 Å². The van der Waals surface area contributed by atoms with Crippen molar-refractivity contribution in [2.75, 3.05) is 6.54 Å². The van der Waals surface area contributed by atoms with Gasteiger partial charge in [-0.3, -0.25) is 0 Å². The maximum atomic E-state index is 10.2. The molecule has 1 aromatic carbocycles. The Hall–Kier alpha value is -2.07. The molecule has 0 saturated heterocycles. The van der Waals surface area contributed by atoms with E-state index in [9.17, 15) is 4.79 Å². The molecule has 0 spiro atoms. The molecule has 0 radical (unpaired) electrons. The zero-order chi connectivity index (χ0) is 12.1. The lowest BCUT2D eigenvalue weighted by Crippen LogP contribution is -2.12. The summed E-state index contributed by atoms with van der Waals surface area (Å²) in [5.74, 6) is -0.918. The maximum absolute atomic E-state index is 10.2. The summed E-state index contributed by atoms with van der Waals surface area (Å²) in [5.41, 5.74) is 2.30. The van der Waals surface area contributed by atoms with Gasteiger partial charge in [-0.1, -0.05) is 24.3 Å². The number of hydrogen-bond acceptors (Lipinski definition) is 2. The number of carboxylic acids is 1. The van der Waals surface area contributed by atoms with Gasteiger partial charge in [0.05, 0.1) is 0 Å². The van der Waals surface area contributed by atoms with E-state index in [4.69, 9.17) is 5.11 Å². The quantitative estimate of drug-likeness (QED) is 0.543. The molecule has 0 aliphatic rings. The Labute approximate surface area is 99.0 Å². The Morgan fingerprint density at radius 1 is 1.41 bits per heavy atom. The van der Waals surface area contributed by atoms with Crippen LogP contribution in [0.1, 0.15) is 5.56 Å². The van der Waals surface area contributed by atoms with Crippen LogP contribution in [-0.4, -0.2) is 22.6 Å². The number of H-pyrrole nitrogens is 1. The van der Waals surface area contributed by atoms with Crippen molar-refractivity contribution in [1.29, 1.82) is 0 Å². The van der Waals surface area contributed by atoms with E-state index in [2.05, 4.69) is 16.4 Å². The highest BCUT2D eigenvalue weighted by atomic mass is 16.4. The van der Waals surface area contributed by atoms with E-state index in [1.54, 1.807) is 6.08 Å². The second-order valence-corrected chi connectivity index (χ2v) is 3.73. The molecule has 2 aromatic rings. The van der Waals surface area contributed by atoms with E-state index >= 15 is 0 Å². The van der Waals surface area contributed by atoms with E-state index in [-0.39, 0.29) is 0 Å². The number of carboxylic acid groups (broad SMARTS) is 1. The minimum atomic E-state index is -0.918. The van der Waals surface area contributed by atoms with Gasteiger partial charge in [0, 0.05) is 36.3 Å². The summed E-state index contributed by atoms with van der Waals surface area (Å²) < 4.78 is 0. The maximum Gasteiger partial charge on any atom is 0.328 e. The Morgan fingerprint density at radius 2 is 2.24 bits per heavy atom. The van der Waals surface area contributed by atoms with E-state index < -0.39 is 5.97 Å². The molecule has 0 amide bonds. The highest BCUT2D eigenvalue weighted by Gasteiger charge is 2.00. The van der Waals surface area contributed by atoms with Gasteiger partial charge in [-0.25, -0.2) is 4.79 Å². The van der Waals surface area contributed by atoms with Crippen molar-refractivity contribution in [2.24, 2.45) is 0 Å². The molecule has 1 aromatic heterocycles. The van der Waals surface area contributed by atoms with Crippen molar-refractivity contribution >= 4 is 16.9 Å². The zero-order valence-corrected chi connectivity index (χ0v) is 9.31. The van der Waals surface area contributed by atoms with Gasteiger partial charge in [-0.15, -0.1) is 0 Å². The summed E-state index contributed by atoms with van der Waals surface area (Å²) in [6.45, 7) is 1.26. The van der Waals surface area contributed by atoms with Crippen molar-refractivity contribution in [3.05, 3.63) is 48.2 Å². The molecule has 17 heavy (non-hydrogen) atoms. The van der Waals surface area contributed by atoms with Crippen LogP contribution < -0.4 is 5.32 Å². The van der Waals surface area contributed by atoms with E-state index in [1.165, 1.54) is 10.9 Å². The van der Waals surface area contributed by atoms with Gasteiger partial charge >= 0.3 is 5.97 Å². The number of benzene rings is 1. The topological polar surface area (TPSA) is 65.1 Å². The first kappa shape index (κ1) is 11.4. The monoisotopic (exact) mass is 230 g/mol. The van der Waals surface area contributed by atoms with Gasteiger partial charge in [0.15, 0.2) is 0 Å². The predicted molar refractivity (Wildman–Crippen MR) is 66.8 cm³/mol. The SMILES string of the molecule is O=C(O)/C=C/CNCc1c[nH]c2ccccc12. The van der Waals surface area contributed by atoms with E-state index in [0.717, 1.165) is 11.6 Å². The van der Waals surface area contributed by atoms with Crippen LogP contribution >= 0.6 is 0 Å². The van der Waals surface area contributed by atoms with Gasteiger partial charge in [0.2, 0.25) is 0 Å². The first-order valence-corrected chi connectivity index (χ1v) is 5.42. The molecular weight excluding hydrogens is 216 g/mol. The molecule has 4 nitrogen and oxygen atoms in total. The third kappa shape index (κ3) is 2.95. The van der Waals surface area contributed by atoms with Crippen LogP contribution in [-0.2, 0) is 11.3 Å². The Balaban J connectivity index is 1.93. The van der Waals surface area contributed by atoms with Gasteiger partial charge in [0.25, 0.3) is 0 Å². The molecule has 0 saturated carbocycles. The fourth-order valence-electron chi connectivity index (χ4n) is 1.73. The summed E-state index contributed by atoms with van der Waals surface area (Å²) in [6.07, 6.45) is 4.71. The number of para-hydroxylation sites is 1. The number of carbonyl (C=O) groups is 1. The minimum Gasteiger partial charge on any atom is -0.478 e. The molecule has 4 heteroatoms. The summed E-state index contributed by atoms with van der Waals surface area (Å²) in [5, 5.41) is 12.8. The molecule has 0 bridgehead atoms. The molecule has 88 valence electrons. The number of rotatable bonds is 5. The summed E-state index contributed by atoms with van der Waals surface area (Å²) in [6, 6.07) is 8.09. The largest absolute Gasteiger partial charge is 0.478 e. The average Bonchev–Trinajstić information content (AvgIpc) is 2.72. The van der Waals surface area contributed by atoms with Gasteiger partial charge < -0.3 is 15.4 Å². The number of aromatic nitrogens is 1. The van der Waals surface area contributed by atoms with E-state index in [0.29, 0.717) is 13.1 Å². The van der Waals surface area contributed by atoms with Gasteiger partial charge in [0.1, 0.15) is 0 Å². The number of fused-ring (bicyclic) bond motifs is 1. The Bertz CT molecular complexity index is 543. The van der Waals surface area contributed by atoms with Crippen LogP contribution in [0.4, 0.5) is 0 Å². The fourth-order valence-corrected chi connectivity index (χ4v) is 1.73.